The quantitative estimate of drug-likeness (QED) is 0.722. The van der Waals surface area contributed by atoms with E-state index in [-0.39, 0.29) is 0 Å². The summed E-state index contributed by atoms with van der Waals surface area (Å²) in [4.78, 5) is 13.7. The zero-order valence-corrected chi connectivity index (χ0v) is 12.8. The highest BCUT2D eigenvalue weighted by Gasteiger charge is 2.19. The number of Topliss-reactive ketones (excluding diaryl/α,β-unsaturated/α-hetero) is 1. The van der Waals surface area contributed by atoms with Crippen molar-refractivity contribution in [3.8, 4) is 0 Å². The fourth-order valence-corrected chi connectivity index (χ4v) is 3.41. The van der Waals surface area contributed by atoms with E-state index in [9.17, 15) is 4.79 Å². The van der Waals surface area contributed by atoms with Gasteiger partial charge < -0.3 is 4.90 Å². The van der Waals surface area contributed by atoms with E-state index in [1.165, 1.54) is 17.6 Å². The van der Waals surface area contributed by atoms with Crippen LogP contribution in [-0.4, -0.2) is 23.8 Å². The van der Waals surface area contributed by atoms with Crippen LogP contribution in [0.1, 0.15) is 44.9 Å². The second-order valence-electron chi connectivity index (χ2n) is 6.38. The standard InChI is InChI=1S/C19H25NO/c21-19-8-6-16(7-9-19)10-13-20-14-11-18(12-15-20)17-4-2-1-3-5-17/h1-2,5,11-12,14,16H,3-4,6-10,13,15H2. The van der Waals surface area contributed by atoms with Gasteiger partial charge in [-0.05, 0) is 61.4 Å². The van der Waals surface area contributed by atoms with Gasteiger partial charge >= 0.3 is 0 Å². The molecule has 3 rings (SSSR count). The predicted octanol–water partition coefficient (Wildman–Crippen LogP) is 4.17. The second-order valence-corrected chi connectivity index (χ2v) is 6.38. The number of allylic oxidation sites excluding steroid dienone is 6. The summed E-state index contributed by atoms with van der Waals surface area (Å²) in [7, 11) is 0. The maximum atomic E-state index is 11.3. The summed E-state index contributed by atoms with van der Waals surface area (Å²) in [6, 6.07) is 0. The maximum absolute atomic E-state index is 11.3. The Hall–Kier alpha value is -1.57. The minimum absolute atomic E-state index is 0.464. The molecule has 0 atom stereocenters. The Labute approximate surface area is 127 Å². The van der Waals surface area contributed by atoms with Gasteiger partial charge in [-0.2, -0.15) is 0 Å². The molecule has 0 aromatic heterocycles. The molecule has 1 saturated carbocycles. The Balaban J connectivity index is 1.43. The molecule has 0 amide bonds. The molecule has 0 unspecified atom stereocenters. The Morgan fingerprint density at radius 2 is 2.00 bits per heavy atom. The number of ketones is 1. The van der Waals surface area contributed by atoms with Gasteiger partial charge in [0.1, 0.15) is 5.78 Å². The lowest BCUT2D eigenvalue weighted by Gasteiger charge is -2.27. The minimum atomic E-state index is 0.464. The van der Waals surface area contributed by atoms with Crippen molar-refractivity contribution in [2.45, 2.75) is 44.9 Å². The lowest BCUT2D eigenvalue weighted by molar-refractivity contribution is -0.121. The van der Waals surface area contributed by atoms with Crippen molar-refractivity contribution in [1.82, 2.24) is 4.90 Å². The molecule has 2 nitrogen and oxygen atoms in total. The first-order valence-corrected chi connectivity index (χ1v) is 8.30. The third-order valence-corrected chi connectivity index (χ3v) is 4.87. The number of nitrogens with zero attached hydrogens (tertiary/aromatic N) is 1. The fraction of sp³-hybridized carbons (Fsp3) is 0.526. The molecule has 1 aliphatic heterocycles. The van der Waals surface area contributed by atoms with Crippen LogP contribution < -0.4 is 0 Å². The lowest BCUT2D eigenvalue weighted by Crippen LogP contribution is -2.24. The van der Waals surface area contributed by atoms with Crippen LogP contribution in [0.25, 0.3) is 0 Å². The van der Waals surface area contributed by atoms with Crippen LogP contribution >= 0.6 is 0 Å². The van der Waals surface area contributed by atoms with E-state index in [0.717, 1.165) is 57.5 Å². The summed E-state index contributed by atoms with van der Waals surface area (Å²) in [5.41, 5.74) is 2.87. The summed E-state index contributed by atoms with van der Waals surface area (Å²) in [6.07, 6.45) is 20.9. The molecule has 1 fully saturated rings. The molecule has 2 heteroatoms. The first-order chi connectivity index (χ1) is 10.3. The number of carbonyl (C=O) groups is 1. The van der Waals surface area contributed by atoms with Gasteiger partial charge in [0, 0.05) is 25.9 Å². The summed E-state index contributed by atoms with van der Waals surface area (Å²) in [5.74, 6) is 1.22. The fourth-order valence-electron chi connectivity index (χ4n) is 3.41. The molecular weight excluding hydrogens is 258 g/mol. The largest absolute Gasteiger partial charge is 0.374 e. The molecule has 2 aliphatic carbocycles. The molecule has 0 radical (unpaired) electrons. The predicted molar refractivity (Wildman–Crippen MR) is 86.8 cm³/mol. The molecular formula is C19H25NO. The summed E-state index contributed by atoms with van der Waals surface area (Å²) in [6.45, 7) is 2.15. The zero-order valence-electron chi connectivity index (χ0n) is 12.8. The molecule has 0 N–H and O–H groups in total. The molecule has 0 aromatic carbocycles. The molecule has 0 aromatic rings. The molecule has 21 heavy (non-hydrogen) atoms. The summed E-state index contributed by atoms with van der Waals surface area (Å²) < 4.78 is 0. The van der Waals surface area contributed by atoms with Crippen molar-refractivity contribution in [1.29, 1.82) is 0 Å². The van der Waals surface area contributed by atoms with Gasteiger partial charge in [0.25, 0.3) is 0 Å². The normalized spacial score (nSPS) is 23.2. The lowest BCUT2D eigenvalue weighted by atomic mass is 9.86. The summed E-state index contributed by atoms with van der Waals surface area (Å²) in [5, 5.41) is 0. The average Bonchev–Trinajstić information content (AvgIpc) is 2.56. The van der Waals surface area contributed by atoms with Crippen LogP contribution in [-0.2, 0) is 4.79 Å². The van der Waals surface area contributed by atoms with Gasteiger partial charge in [0.15, 0.2) is 0 Å². The van der Waals surface area contributed by atoms with E-state index in [2.05, 4.69) is 41.5 Å². The van der Waals surface area contributed by atoms with Crippen molar-refractivity contribution in [2.75, 3.05) is 13.1 Å². The third-order valence-electron chi connectivity index (χ3n) is 4.87. The maximum Gasteiger partial charge on any atom is 0.132 e. The molecule has 0 spiro atoms. The van der Waals surface area contributed by atoms with E-state index in [0.29, 0.717) is 5.78 Å². The van der Waals surface area contributed by atoms with Crippen LogP contribution in [0, 0.1) is 5.92 Å². The monoisotopic (exact) mass is 283 g/mol. The molecule has 0 saturated heterocycles. The van der Waals surface area contributed by atoms with E-state index >= 15 is 0 Å². The topological polar surface area (TPSA) is 20.3 Å². The first kappa shape index (κ1) is 14.4. The number of hydrogen-bond donors (Lipinski definition) is 0. The van der Waals surface area contributed by atoms with Crippen LogP contribution in [0.15, 0.2) is 47.7 Å². The van der Waals surface area contributed by atoms with E-state index in [1.54, 1.807) is 0 Å². The average molecular weight is 283 g/mol. The van der Waals surface area contributed by atoms with Gasteiger partial charge in [-0.1, -0.05) is 24.3 Å². The second kappa shape index (κ2) is 6.93. The first-order valence-electron chi connectivity index (χ1n) is 8.30. The SMILES string of the molecule is O=C1CCC(CCN2C=CC(C3=CCC=CC3)=CC2)CC1. The van der Waals surface area contributed by atoms with Crippen molar-refractivity contribution in [2.24, 2.45) is 5.92 Å². The Bertz CT molecular complexity index is 500. The Kier molecular flexibility index (Phi) is 4.74. The number of carbonyl (C=O) groups excluding carboxylic acids is 1. The summed E-state index contributed by atoms with van der Waals surface area (Å²) >= 11 is 0. The van der Waals surface area contributed by atoms with Crippen LogP contribution in [0.4, 0.5) is 0 Å². The van der Waals surface area contributed by atoms with Crippen molar-refractivity contribution >= 4 is 5.78 Å². The van der Waals surface area contributed by atoms with Gasteiger partial charge in [-0.25, -0.2) is 0 Å². The van der Waals surface area contributed by atoms with E-state index in [4.69, 9.17) is 0 Å². The zero-order chi connectivity index (χ0) is 14.5. The highest BCUT2D eigenvalue weighted by Crippen LogP contribution is 2.26. The van der Waals surface area contributed by atoms with Gasteiger partial charge in [0.2, 0.25) is 0 Å². The Morgan fingerprint density at radius 1 is 1.14 bits per heavy atom. The highest BCUT2D eigenvalue weighted by molar-refractivity contribution is 5.79. The van der Waals surface area contributed by atoms with Gasteiger partial charge in [-0.15, -0.1) is 0 Å². The number of hydrogen-bond acceptors (Lipinski definition) is 2. The van der Waals surface area contributed by atoms with Crippen LogP contribution in [0.5, 0.6) is 0 Å². The van der Waals surface area contributed by atoms with E-state index < -0.39 is 0 Å². The molecule has 1 heterocycles. The van der Waals surface area contributed by atoms with Gasteiger partial charge in [0.05, 0.1) is 0 Å². The third kappa shape index (κ3) is 3.96. The molecule has 3 aliphatic rings. The van der Waals surface area contributed by atoms with Crippen LogP contribution in [0.2, 0.25) is 0 Å². The Morgan fingerprint density at radius 3 is 2.67 bits per heavy atom. The highest BCUT2D eigenvalue weighted by atomic mass is 16.1. The van der Waals surface area contributed by atoms with Gasteiger partial charge in [-0.3, -0.25) is 4.79 Å². The smallest absolute Gasteiger partial charge is 0.132 e. The van der Waals surface area contributed by atoms with Crippen molar-refractivity contribution in [3.05, 3.63) is 47.7 Å². The molecule has 112 valence electrons. The van der Waals surface area contributed by atoms with E-state index in [1.807, 2.05) is 0 Å². The molecule has 0 bridgehead atoms. The van der Waals surface area contributed by atoms with Crippen molar-refractivity contribution < 1.29 is 4.79 Å². The van der Waals surface area contributed by atoms with Crippen molar-refractivity contribution in [3.63, 3.8) is 0 Å². The minimum Gasteiger partial charge on any atom is -0.374 e. The van der Waals surface area contributed by atoms with Crippen LogP contribution in [0.3, 0.4) is 0 Å². The number of rotatable bonds is 4.